The molecular weight excluding hydrogens is 187 g/mol. The Balaban J connectivity index is 2.96. The molecule has 1 aromatic carbocycles. The molecule has 1 rings (SSSR count). The average Bonchev–Trinajstić information content (AvgIpc) is 2.15. The minimum Gasteiger partial charge on any atom is -0.330 e. The van der Waals surface area contributed by atoms with Crippen molar-refractivity contribution in [3.05, 3.63) is 39.7 Å². The summed E-state index contributed by atoms with van der Waals surface area (Å²) in [7, 11) is 0. The molecule has 2 N–H and O–H groups in total. The lowest BCUT2D eigenvalue weighted by Crippen LogP contribution is -2.02. The number of rotatable bonds is 4. The number of aryl methyl sites for hydroxylation is 1. The molecule has 0 bridgehead atoms. The number of hydrogen-bond acceptors (Lipinski definition) is 3. The van der Waals surface area contributed by atoms with Crippen LogP contribution in [0.4, 0.5) is 10.1 Å². The highest BCUT2D eigenvalue weighted by atomic mass is 19.1. The van der Waals surface area contributed by atoms with E-state index in [4.69, 9.17) is 5.73 Å². The molecule has 0 aromatic heterocycles. The van der Waals surface area contributed by atoms with E-state index in [0.717, 1.165) is 6.07 Å². The van der Waals surface area contributed by atoms with Gasteiger partial charge in [0.1, 0.15) is 5.82 Å². The highest BCUT2D eigenvalue weighted by Crippen LogP contribution is 2.20. The second kappa shape index (κ2) is 4.66. The Morgan fingerprint density at radius 3 is 2.79 bits per heavy atom. The van der Waals surface area contributed by atoms with Crippen LogP contribution in [0, 0.1) is 15.9 Å². The van der Waals surface area contributed by atoms with Gasteiger partial charge in [-0.15, -0.1) is 0 Å². The van der Waals surface area contributed by atoms with Crippen LogP contribution in [0.5, 0.6) is 0 Å². The van der Waals surface area contributed by atoms with Crippen LogP contribution in [0.1, 0.15) is 12.0 Å². The lowest BCUT2D eigenvalue weighted by molar-refractivity contribution is -0.385. The number of nitrogens with two attached hydrogens (primary N) is 1. The summed E-state index contributed by atoms with van der Waals surface area (Å²) < 4.78 is 12.7. The summed E-state index contributed by atoms with van der Waals surface area (Å²) in [6, 6.07) is 3.59. The van der Waals surface area contributed by atoms with E-state index in [1.807, 2.05) is 0 Å². The Hall–Kier alpha value is -1.49. The summed E-state index contributed by atoms with van der Waals surface area (Å²) in [6.07, 6.45) is 1.17. The molecule has 5 heteroatoms. The van der Waals surface area contributed by atoms with Crippen molar-refractivity contribution in [3.8, 4) is 0 Å². The van der Waals surface area contributed by atoms with Crippen molar-refractivity contribution >= 4 is 5.69 Å². The first-order valence-corrected chi connectivity index (χ1v) is 4.28. The van der Waals surface area contributed by atoms with Crippen molar-refractivity contribution in [2.45, 2.75) is 12.8 Å². The minimum atomic E-state index is -0.590. The van der Waals surface area contributed by atoms with Crippen molar-refractivity contribution in [1.82, 2.24) is 0 Å². The molecule has 4 nitrogen and oxygen atoms in total. The number of halogens is 1. The Bertz CT molecular complexity index is 342. The molecular formula is C9H11FN2O2. The second-order valence-electron chi connectivity index (χ2n) is 2.92. The Kier molecular flexibility index (Phi) is 3.53. The maximum absolute atomic E-state index is 12.7. The van der Waals surface area contributed by atoms with Gasteiger partial charge in [0, 0.05) is 5.56 Å². The number of nitrogens with zero attached hydrogens (tertiary/aromatic N) is 1. The quantitative estimate of drug-likeness (QED) is 0.590. The summed E-state index contributed by atoms with van der Waals surface area (Å²) >= 11 is 0. The predicted molar refractivity (Wildman–Crippen MR) is 50.4 cm³/mol. The zero-order chi connectivity index (χ0) is 10.6. The molecule has 0 fully saturated rings. The number of nitro groups is 1. The topological polar surface area (TPSA) is 69.2 Å². The van der Waals surface area contributed by atoms with Gasteiger partial charge in [-0.2, -0.15) is 0 Å². The van der Waals surface area contributed by atoms with Crippen LogP contribution in [0.25, 0.3) is 0 Å². The smallest absolute Gasteiger partial charge is 0.275 e. The Morgan fingerprint density at radius 1 is 1.50 bits per heavy atom. The summed E-state index contributed by atoms with van der Waals surface area (Å²) in [6.45, 7) is 0.467. The molecule has 0 spiro atoms. The van der Waals surface area contributed by atoms with Crippen molar-refractivity contribution < 1.29 is 9.31 Å². The zero-order valence-corrected chi connectivity index (χ0v) is 7.57. The molecule has 0 aliphatic heterocycles. The van der Waals surface area contributed by atoms with Crippen molar-refractivity contribution in [1.29, 1.82) is 0 Å². The first-order chi connectivity index (χ1) is 6.65. The number of nitro benzene ring substituents is 1. The van der Waals surface area contributed by atoms with Gasteiger partial charge in [-0.05, 0) is 31.5 Å². The summed E-state index contributed by atoms with van der Waals surface area (Å²) in [5, 5.41) is 10.5. The number of benzene rings is 1. The Labute approximate surface area is 80.7 Å². The van der Waals surface area contributed by atoms with Gasteiger partial charge in [-0.3, -0.25) is 10.1 Å². The zero-order valence-electron chi connectivity index (χ0n) is 7.57. The third-order valence-electron chi connectivity index (χ3n) is 1.89. The fourth-order valence-corrected chi connectivity index (χ4v) is 1.21. The molecule has 0 saturated carbocycles. The van der Waals surface area contributed by atoms with Gasteiger partial charge >= 0.3 is 0 Å². The third-order valence-corrected chi connectivity index (χ3v) is 1.89. The van der Waals surface area contributed by atoms with Gasteiger partial charge in [0.25, 0.3) is 5.69 Å². The second-order valence-corrected chi connectivity index (χ2v) is 2.92. The van der Waals surface area contributed by atoms with Crippen molar-refractivity contribution in [2.24, 2.45) is 5.73 Å². The van der Waals surface area contributed by atoms with Crippen molar-refractivity contribution in [2.75, 3.05) is 6.54 Å². The SMILES string of the molecule is NCCCc1ccc(F)cc1[N+](=O)[O-]. The standard InChI is InChI=1S/C9H11FN2O2/c10-8-4-3-7(2-1-5-11)9(6-8)12(13)14/h3-4,6H,1-2,5,11H2. The largest absolute Gasteiger partial charge is 0.330 e. The van der Waals surface area contributed by atoms with Crippen LogP contribution in [0.3, 0.4) is 0 Å². The molecule has 76 valence electrons. The van der Waals surface area contributed by atoms with E-state index in [9.17, 15) is 14.5 Å². The van der Waals surface area contributed by atoms with Gasteiger partial charge in [0.15, 0.2) is 0 Å². The lowest BCUT2D eigenvalue weighted by Gasteiger charge is -2.01. The third kappa shape index (κ3) is 2.50. The van der Waals surface area contributed by atoms with Gasteiger partial charge < -0.3 is 5.73 Å². The van der Waals surface area contributed by atoms with E-state index in [0.29, 0.717) is 24.9 Å². The molecule has 0 aliphatic carbocycles. The molecule has 0 unspecified atom stereocenters. The molecule has 1 aromatic rings. The molecule has 0 saturated heterocycles. The highest BCUT2D eigenvalue weighted by molar-refractivity contribution is 5.40. The van der Waals surface area contributed by atoms with E-state index in [-0.39, 0.29) is 5.69 Å². The van der Waals surface area contributed by atoms with E-state index in [2.05, 4.69) is 0 Å². The maximum Gasteiger partial charge on any atom is 0.275 e. The first kappa shape index (κ1) is 10.6. The van der Waals surface area contributed by atoms with Crippen molar-refractivity contribution in [3.63, 3.8) is 0 Å². The lowest BCUT2D eigenvalue weighted by atomic mass is 10.1. The van der Waals surface area contributed by atoms with Crippen LogP contribution in [0.15, 0.2) is 18.2 Å². The first-order valence-electron chi connectivity index (χ1n) is 4.28. The Morgan fingerprint density at radius 2 is 2.21 bits per heavy atom. The van der Waals surface area contributed by atoms with E-state index < -0.39 is 10.7 Å². The molecule has 14 heavy (non-hydrogen) atoms. The van der Waals surface area contributed by atoms with Crippen LogP contribution in [-0.2, 0) is 6.42 Å². The molecule has 0 amide bonds. The molecule has 0 aliphatic rings. The minimum absolute atomic E-state index is 0.168. The van der Waals surface area contributed by atoms with Gasteiger partial charge in [0.2, 0.25) is 0 Å². The van der Waals surface area contributed by atoms with Crippen LogP contribution in [0.2, 0.25) is 0 Å². The van der Waals surface area contributed by atoms with Gasteiger partial charge in [0.05, 0.1) is 11.0 Å². The highest BCUT2D eigenvalue weighted by Gasteiger charge is 2.13. The van der Waals surface area contributed by atoms with Crippen LogP contribution < -0.4 is 5.73 Å². The monoisotopic (exact) mass is 198 g/mol. The van der Waals surface area contributed by atoms with Gasteiger partial charge in [-0.1, -0.05) is 0 Å². The summed E-state index contributed by atoms with van der Waals surface area (Å²) in [5.74, 6) is -0.590. The normalized spacial score (nSPS) is 10.1. The fourth-order valence-electron chi connectivity index (χ4n) is 1.21. The summed E-state index contributed by atoms with van der Waals surface area (Å²) in [5.41, 5.74) is 5.65. The van der Waals surface area contributed by atoms with Crippen LogP contribution in [-0.4, -0.2) is 11.5 Å². The number of hydrogen-bond donors (Lipinski definition) is 1. The van der Waals surface area contributed by atoms with E-state index >= 15 is 0 Å². The van der Waals surface area contributed by atoms with E-state index in [1.165, 1.54) is 12.1 Å². The fraction of sp³-hybridized carbons (Fsp3) is 0.333. The molecule has 0 radical (unpaired) electrons. The summed E-state index contributed by atoms with van der Waals surface area (Å²) in [4.78, 5) is 9.97. The van der Waals surface area contributed by atoms with Gasteiger partial charge in [-0.25, -0.2) is 4.39 Å². The van der Waals surface area contributed by atoms with E-state index in [1.54, 1.807) is 0 Å². The molecule has 0 atom stereocenters. The predicted octanol–water partition coefficient (Wildman–Crippen LogP) is 1.63. The molecule has 0 heterocycles. The average molecular weight is 198 g/mol. The maximum atomic E-state index is 12.7. The van der Waals surface area contributed by atoms with Crippen LogP contribution >= 0.6 is 0 Å².